The summed E-state index contributed by atoms with van der Waals surface area (Å²) >= 11 is 0. The topological polar surface area (TPSA) is 81.3 Å². The van der Waals surface area contributed by atoms with Gasteiger partial charge in [-0.1, -0.05) is 19.4 Å². The van der Waals surface area contributed by atoms with Crippen LogP contribution in [0.5, 0.6) is 0 Å². The smallest absolute Gasteiger partial charge is 0.159 e. The monoisotopic (exact) mass is 329 g/mol. The molecule has 24 heavy (non-hydrogen) atoms. The molecule has 4 rings (SSSR count). The van der Waals surface area contributed by atoms with Gasteiger partial charge in [0.05, 0.1) is 12.2 Å². The van der Waals surface area contributed by atoms with E-state index >= 15 is 0 Å². The van der Waals surface area contributed by atoms with Gasteiger partial charge in [-0.05, 0) is 67.8 Å². The van der Waals surface area contributed by atoms with E-state index in [9.17, 15) is 20.3 Å². The van der Waals surface area contributed by atoms with Crippen molar-refractivity contribution < 1.29 is 15.0 Å². The van der Waals surface area contributed by atoms with Gasteiger partial charge in [0.25, 0.3) is 0 Å². The number of allylic oxidation sites excluding steroid dienone is 1. The van der Waals surface area contributed by atoms with Crippen LogP contribution in [0.3, 0.4) is 0 Å². The lowest BCUT2D eigenvalue weighted by Crippen LogP contribution is -2.60. The van der Waals surface area contributed by atoms with E-state index < -0.39 is 17.1 Å². The number of rotatable bonds is 0. The van der Waals surface area contributed by atoms with E-state index in [0.29, 0.717) is 31.1 Å². The molecule has 4 aliphatic rings. The molecule has 0 aromatic carbocycles. The minimum Gasteiger partial charge on any atom is -0.392 e. The zero-order valence-electron chi connectivity index (χ0n) is 14.6. The molecular formula is C20H27NO3. The molecule has 4 heteroatoms. The van der Waals surface area contributed by atoms with Gasteiger partial charge in [-0.3, -0.25) is 4.79 Å². The van der Waals surface area contributed by atoms with Crippen molar-refractivity contribution in [3.63, 3.8) is 0 Å². The molecule has 0 amide bonds. The van der Waals surface area contributed by atoms with Crippen LogP contribution >= 0.6 is 0 Å². The Hall–Kier alpha value is -1.18. The summed E-state index contributed by atoms with van der Waals surface area (Å²) in [5.41, 5.74) is -0.886. The number of carbonyl (C=O) groups is 1. The standard InChI is InChI=1S/C20H27NO3/c1-18-7-5-13(22)9-12(18)3-4-14-15-6-8-20(24,11-21)19(15,2)17(23)10-16(14)18/h9,14-17,23-24H,3-8,10H2,1-2H3/t14?,15?,16?,17?,18-,19+,20-/m0/s1. The molecule has 4 unspecified atom stereocenters. The lowest BCUT2D eigenvalue weighted by atomic mass is 9.45. The molecule has 0 aromatic rings. The molecule has 0 aromatic heterocycles. The fourth-order valence-corrected chi connectivity index (χ4v) is 6.75. The minimum absolute atomic E-state index is 0.00745. The van der Waals surface area contributed by atoms with Crippen molar-refractivity contribution in [2.75, 3.05) is 0 Å². The molecule has 130 valence electrons. The van der Waals surface area contributed by atoms with Crippen molar-refractivity contribution >= 4 is 5.78 Å². The number of ketones is 1. The first-order chi connectivity index (χ1) is 11.3. The quantitative estimate of drug-likeness (QED) is 0.670. The Bertz CT molecular complexity index is 664. The fraction of sp³-hybridized carbons (Fsp3) is 0.800. The van der Waals surface area contributed by atoms with Gasteiger partial charge in [-0.15, -0.1) is 0 Å². The van der Waals surface area contributed by atoms with Crippen molar-refractivity contribution in [3.8, 4) is 6.07 Å². The fourth-order valence-electron chi connectivity index (χ4n) is 6.75. The average molecular weight is 329 g/mol. The van der Waals surface area contributed by atoms with Crippen LogP contribution in [0.1, 0.15) is 58.8 Å². The summed E-state index contributed by atoms with van der Waals surface area (Å²) in [5, 5.41) is 31.4. The van der Waals surface area contributed by atoms with Gasteiger partial charge in [0.1, 0.15) is 0 Å². The van der Waals surface area contributed by atoms with Crippen LogP contribution in [-0.4, -0.2) is 27.7 Å². The second kappa shape index (κ2) is 4.93. The third-order valence-electron chi connectivity index (χ3n) is 8.39. The van der Waals surface area contributed by atoms with E-state index in [1.54, 1.807) is 0 Å². The van der Waals surface area contributed by atoms with E-state index in [0.717, 1.165) is 25.7 Å². The predicted octanol–water partition coefficient (Wildman–Crippen LogP) is 2.74. The molecule has 0 spiro atoms. The van der Waals surface area contributed by atoms with Crippen molar-refractivity contribution in [1.82, 2.24) is 0 Å². The Balaban J connectivity index is 1.75. The molecule has 0 aliphatic heterocycles. The van der Waals surface area contributed by atoms with Gasteiger partial charge in [0.15, 0.2) is 11.4 Å². The maximum Gasteiger partial charge on any atom is 0.159 e. The number of hydrogen-bond donors (Lipinski definition) is 2. The normalized spacial score (nSPS) is 53.5. The van der Waals surface area contributed by atoms with Crippen LogP contribution in [0, 0.1) is 39.9 Å². The van der Waals surface area contributed by atoms with Crippen LogP contribution in [0.25, 0.3) is 0 Å². The molecule has 3 fully saturated rings. The highest BCUT2D eigenvalue weighted by Gasteiger charge is 2.67. The van der Waals surface area contributed by atoms with Gasteiger partial charge >= 0.3 is 0 Å². The number of hydrogen-bond acceptors (Lipinski definition) is 4. The van der Waals surface area contributed by atoms with Crippen molar-refractivity contribution in [2.24, 2.45) is 28.6 Å². The van der Waals surface area contributed by atoms with E-state index in [-0.39, 0.29) is 17.1 Å². The number of aliphatic hydroxyl groups is 2. The molecule has 2 N–H and O–H groups in total. The van der Waals surface area contributed by atoms with Crippen molar-refractivity contribution in [1.29, 1.82) is 5.26 Å². The lowest BCUT2D eigenvalue weighted by molar-refractivity contribution is -0.170. The SMILES string of the molecule is C[C@]12C(O)CC3C(CCC4=CC(=O)CC[C@@]43C)C1CC[C@]2(O)C#N. The average Bonchev–Trinajstić information content (AvgIpc) is 2.83. The molecular weight excluding hydrogens is 302 g/mol. The molecule has 3 saturated carbocycles. The summed E-state index contributed by atoms with van der Waals surface area (Å²) in [7, 11) is 0. The van der Waals surface area contributed by atoms with Gasteiger partial charge < -0.3 is 10.2 Å². The van der Waals surface area contributed by atoms with Crippen LogP contribution in [0.15, 0.2) is 11.6 Å². The maximum absolute atomic E-state index is 11.8. The first kappa shape index (κ1) is 16.3. The Morgan fingerprint density at radius 2 is 1.96 bits per heavy atom. The van der Waals surface area contributed by atoms with Gasteiger partial charge in [0, 0.05) is 11.8 Å². The number of aliphatic hydroxyl groups excluding tert-OH is 1. The third kappa shape index (κ3) is 1.78. The third-order valence-corrected chi connectivity index (χ3v) is 8.39. The lowest BCUT2D eigenvalue weighted by Gasteiger charge is -2.59. The first-order valence-corrected chi connectivity index (χ1v) is 9.32. The first-order valence-electron chi connectivity index (χ1n) is 9.32. The highest BCUT2D eigenvalue weighted by molar-refractivity contribution is 5.91. The predicted molar refractivity (Wildman–Crippen MR) is 88.7 cm³/mol. The van der Waals surface area contributed by atoms with Gasteiger partial charge in [0.2, 0.25) is 0 Å². The Kier molecular flexibility index (Phi) is 3.34. The van der Waals surface area contributed by atoms with E-state index in [2.05, 4.69) is 13.0 Å². The molecule has 4 nitrogen and oxygen atoms in total. The van der Waals surface area contributed by atoms with Crippen LogP contribution in [0.4, 0.5) is 0 Å². The summed E-state index contributed by atoms with van der Waals surface area (Å²) in [5.74, 6) is 1.20. The highest BCUT2D eigenvalue weighted by Crippen LogP contribution is 2.67. The summed E-state index contributed by atoms with van der Waals surface area (Å²) < 4.78 is 0. The van der Waals surface area contributed by atoms with Gasteiger partial charge in [-0.2, -0.15) is 5.26 Å². The van der Waals surface area contributed by atoms with Gasteiger partial charge in [-0.25, -0.2) is 0 Å². The van der Waals surface area contributed by atoms with E-state index in [4.69, 9.17) is 0 Å². The van der Waals surface area contributed by atoms with Crippen LogP contribution < -0.4 is 0 Å². The Labute approximate surface area is 143 Å². The second-order valence-electron chi connectivity index (χ2n) is 9.01. The summed E-state index contributed by atoms with van der Waals surface area (Å²) in [6.45, 7) is 4.19. The largest absolute Gasteiger partial charge is 0.392 e. The van der Waals surface area contributed by atoms with Crippen LogP contribution in [0.2, 0.25) is 0 Å². The zero-order chi connectivity index (χ0) is 17.3. The van der Waals surface area contributed by atoms with E-state index in [1.807, 2.05) is 13.0 Å². The summed E-state index contributed by atoms with van der Waals surface area (Å²) in [6, 6.07) is 2.12. The van der Waals surface area contributed by atoms with Crippen LogP contribution in [-0.2, 0) is 4.79 Å². The summed E-state index contributed by atoms with van der Waals surface area (Å²) in [6.07, 6.45) is 6.52. The number of nitriles is 1. The second-order valence-corrected chi connectivity index (χ2v) is 9.01. The molecule has 0 saturated heterocycles. The maximum atomic E-state index is 11.8. The molecule has 0 bridgehead atoms. The minimum atomic E-state index is -1.42. The number of carbonyl (C=O) groups excluding carboxylic acids is 1. The van der Waals surface area contributed by atoms with Crippen molar-refractivity contribution in [3.05, 3.63) is 11.6 Å². The molecule has 0 radical (unpaired) electrons. The Morgan fingerprint density at radius 3 is 2.67 bits per heavy atom. The Morgan fingerprint density at radius 1 is 1.21 bits per heavy atom. The number of nitrogens with zero attached hydrogens (tertiary/aromatic N) is 1. The highest BCUT2D eigenvalue weighted by atomic mass is 16.3. The number of fused-ring (bicyclic) bond motifs is 5. The molecule has 7 atom stereocenters. The molecule has 0 heterocycles. The summed E-state index contributed by atoms with van der Waals surface area (Å²) in [4.78, 5) is 11.8. The van der Waals surface area contributed by atoms with E-state index in [1.165, 1.54) is 5.57 Å². The zero-order valence-corrected chi connectivity index (χ0v) is 14.6. The van der Waals surface area contributed by atoms with Crippen molar-refractivity contribution in [2.45, 2.75) is 70.5 Å². The molecule has 4 aliphatic carbocycles.